The Morgan fingerprint density at radius 3 is 2.16 bits per heavy atom. The molecule has 2 rings (SSSR count). The Kier molecular flexibility index (Phi) is 6.26. The minimum atomic E-state index is -0.209. The van der Waals surface area contributed by atoms with Crippen molar-refractivity contribution in [2.24, 2.45) is 0 Å². The largest absolute Gasteiger partial charge is 0.316 e. The smallest absolute Gasteiger partial charge is 0.123 e. The first kappa shape index (κ1) is 15.4. The van der Waals surface area contributed by atoms with E-state index in [1.54, 1.807) is 0 Å². The summed E-state index contributed by atoms with van der Waals surface area (Å²) in [4.78, 5) is 0. The molecule has 0 unspecified atom stereocenters. The van der Waals surface area contributed by atoms with Crippen LogP contribution < -0.4 is 5.32 Å². The average Bonchev–Trinajstić information content (AvgIpc) is 2.42. The molecule has 0 radical (unpaired) electrons. The number of hydrogen-bond acceptors (Lipinski definition) is 1. The highest BCUT2D eigenvalue weighted by Gasteiger charge is 2.04. The van der Waals surface area contributed by atoms with Crippen molar-refractivity contribution in [1.82, 2.24) is 5.32 Å². The molecule has 19 heavy (non-hydrogen) atoms. The fraction of sp³-hybridized carbons (Fsp3) is 0.125. The maximum absolute atomic E-state index is 13.0. The van der Waals surface area contributed by atoms with Gasteiger partial charge in [-0.25, -0.2) is 4.39 Å². The quantitative estimate of drug-likeness (QED) is 0.894. The van der Waals surface area contributed by atoms with E-state index in [2.05, 4.69) is 23.5 Å². The summed E-state index contributed by atoms with van der Waals surface area (Å²) < 4.78 is 13.0. The zero-order valence-electron chi connectivity index (χ0n) is 10.8. The Balaban J connectivity index is 0.00000180. The van der Waals surface area contributed by atoms with Crippen molar-refractivity contribution in [2.75, 3.05) is 13.6 Å². The molecule has 0 heterocycles. The number of halogens is 2. The van der Waals surface area contributed by atoms with Crippen LogP contribution in [0.3, 0.4) is 0 Å². The van der Waals surface area contributed by atoms with Gasteiger partial charge in [-0.3, -0.25) is 0 Å². The summed E-state index contributed by atoms with van der Waals surface area (Å²) in [6, 6.07) is 16.7. The van der Waals surface area contributed by atoms with Gasteiger partial charge in [0.05, 0.1) is 0 Å². The molecular formula is C16H17ClFN. The Labute approximate surface area is 119 Å². The maximum atomic E-state index is 13.0. The highest BCUT2D eigenvalue weighted by Crippen LogP contribution is 2.23. The third kappa shape index (κ3) is 4.19. The number of benzene rings is 2. The summed E-state index contributed by atoms with van der Waals surface area (Å²) in [5, 5.41) is 3.10. The summed E-state index contributed by atoms with van der Waals surface area (Å²) in [7, 11) is 1.91. The van der Waals surface area contributed by atoms with Crippen LogP contribution in [-0.4, -0.2) is 13.6 Å². The van der Waals surface area contributed by atoms with E-state index in [4.69, 9.17) is 0 Å². The molecule has 0 aliphatic carbocycles. The van der Waals surface area contributed by atoms with Gasteiger partial charge in [0, 0.05) is 6.54 Å². The molecule has 0 atom stereocenters. The van der Waals surface area contributed by atoms with Crippen LogP contribution in [0.4, 0.5) is 4.39 Å². The van der Waals surface area contributed by atoms with Gasteiger partial charge < -0.3 is 5.32 Å². The topological polar surface area (TPSA) is 12.0 Å². The molecule has 0 spiro atoms. The molecule has 0 aliphatic rings. The third-order valence-electron chi connectivity index (χ3n) is 2.75. The van der Waals surface area contributed by atoms with Crippen LogP contribution in [0.1, 0.15) is 11.1 Å². The van der Waals surface area contributed by atoms with Crippen molar-refractivity contribution in [1.29, 1.82) is 0 Å². The molecule has 1 nitrogen and oxygen atoms in total. The van der Waals surface area contributed by atoms with Gasteiger partial charge in [0.15, 0.2) is 0 Å². The standard InChI is InChI=1S/C16H16FN.ClH/c1-18-12-11-16(13-5-3-2-4-6-13)14-7-9-15(17)10-8-14;/h2-11,18H,12H2,1H3;1H/b16-11+;. The Hall–Kier alpha value is -1.64. The van der Waals surface area contributed by atoms with Crippen LogP contribution in [0.25, 0.3) is 5.57 Å². The van der Waals surface area contributed by atoms with Crippen molar-refractivity contribution < 1.29 is 4.39 Å². The summed E-state index contributed by atoms with van der Waals surface area (Å²) >= 11 is 0. The van der Waals surface area contributed by atoms with Crippen LogP contribution in [-0.2, 0) is 0 Å². The molecule has 0 bridgehead atoms. The number of nitrogens with one attached hydrogen (secondary N) is 1. The minimum Gasteiger partial charge on any atom is -0.316 e. The average molecular weight is 278 g/mol. The van der Waals surface area contributed by atoms with Gasteiger partial charge in [0.2, 0.25) is 0 Å². The lowest BCUT2D eigenvalue weighted by Crippen LogP contribution is -2.05. The van der Waals surface area contributed by atoms with E-state index in [0.717, 1.165) is 23.2 Å². The summed E-state index contributed by atoms with van der Waals surface area (Å²) in [5.41, 5.74) is 3.28. The van der Waals surface area contributed by atoms with Gasteiger partial charge in [-0.2, -0.15) is 0 Å². The lowest BCUT2D eigenvalue weighted by atomic mass is 9.97. The zero-order valence-corrected chi connectivity index (χ0v) is 11.6. The summed E-state index contributed by atoms with van der Waals surface area (Å²) in [6.07, 6.45) is 2.11. The maximum Gasteiger partial charge on any atom is 0.123 e. The molecule has 0 aliphatic heterocycles. The Morgan fingerprint density at radius 1 is 1.00 bits per heavy atom. The third-order valence-corrected chi connectivity index (χ3v) is 2.75. The zero-order chi connectivity index (χ0) is 12.8. The fourth-order valence-electron chi connectivity index (χ4n) is 1.85. The minimum absolute atomic E-state index is 0. The van der Waals surface area contributed by atoms with E-state index in [1.807, 2.05) is 37.4 Å². The van der Waals surface area contributed by atoms with Gasteiger partial charge in [-0.1, -0.05) is 48.5 Å². The molecule has 2 aromatic carbocycles. The van der Waals surface area contributed by atoms with Gasteiger partial charge in [0.25, 0.3) is 0 Å². The van der Waals surface area contributed by atoms with Crippen molar-refractivity contribution in [3.05, 3.63) is 77.6 Å². The van der Waals surface area contributed by atoms with E-state index in [1.165, 1.54) is 12.1 Å². The van der Waals surface area contributed by atoms with Gasteiger partial charge in [0.1, 0.15) is 5.82 Å². The van der Waals surface area contributed by atoms with Crippen LogP contribution in [0, 0.1) is 5.82 Å². The lowest BCUT2D eigenvalue weighted by molar-refractivity contribution is 0.627. The molecule has 3 heteroatoms. The Morgan fingerprint density at radius 2 is 1.58 bits per heavy atom. The lowest BCUT2D eigenvalue weighted by Gasteiger charge is -2.08. The van der Waals surface area contributed by atoms with Gasteiger partial charge >= 0.3 is 0 Å². The fourth-order valence-corrected chi connectivity index (χ4v) is 1.85. The molecular weight excluding hydrogens is 261 g/mol. The number of rotatable bonds is 4. The van der Waals surface area contributed by atoms with E-state index in [-0.39, 0.29) is 18.2 Å². The first-order valence-electron chi connectivity index (χ1n) is 5.97. The SMILES string of the molecule is CNC/C=C(\c1ccccc1)c1ccc(F)cc1.Cl. The summed E-state index contributed by atoms with van der Waals surface area (Å²) in [6.45, 7) is 0.779. The van der Waals surface area contributed by atoms with Crippen molar-refractivity contribution >= 4 is 18.0 Å². The molecule has 2 aromatic rings. The van der Waals surface area contributed by atoms with Crippen molar-refractivity contribution in [3.8, 4) is 0 Å². The van der Waals surface area contributed by atoms with Crippen LogP contribution in [0.5, 0.6) is 0 Å². The predicted molar refractivity (Wildman–Crippen MR) is 81.1 cm³/mol. The van der Waals surface area contributed by atoms with E-state index in [9.17, 15) is 4.39 Å². The first-order valence-corrected chi connectivity index (χ1v) is 5.97. The highest BCUT2D eigenvalue weighted by atomic mass is 35.5. The second-order valence-electron chi connectivity index (χ2n) is 4.05. The highest BCUT2D eigenvalue weighted by molar-refractivity contribution is 5.85. The van der Waals surface area contributed by atoms with E-state index >= 15 is 0 Å². The molecule has 0 fully saturated rings. The first-order chi connectivity index (χ1) is 8.81. The van der Waals surface area contributed by atoms with E-state index < -0.39 is 0 Å². The summed E-state index contributed by atoms with van der Waals surface area (Å²) in [5.74, 6) is -0.209. The molecule has 0 amide bonds. The van der Waals surface area contributed by atoms with Gasteiger partial charge in [-0.05, 0) is 35.9 Å². The number of hydrogen-bond donors (Lipinski definition) is 1. The molecule has 0 aromatic heterocycles. The van der Waals surface area contributed by atoms with Gasteiger partial charge in [-0.15, -0.1) is 12.4 Å². The van der Waals surface area contributed by atoms with Crippen LogP contribution in [0.15, 0.2) is 60.7 Å². The van der Waals surface area contributed by atoms with E-state index in [0.29, 0.717) is 0 Å². The molecule has 1 N–H and O–H groups in total. The second-order valence-corrected chi connectivity index (χ2v) is 4.05. The van der Waals surface area contributed by atoms with Crippen LogP contribution >= 0.6 is 12.4 Å². The van der Waals surface area contributed by atoms with Crippen molar-refractivity contribution in [2.45, 2.75) is 0 Å². The predicted octanol–water partition coefficient (Wildman–Crippen LogP) is 3.90. The van der Waals surface area contributed by atoms with Crippen molar-refractivity contribution in [3.63, 3.8) is 0 Å². The van der Waals surface area contributed by atoms with Crippen LogP contribution in [0.2, 0.25) is 0 Å². The normalized spacial score (nSPS) is 10.9. The second kappa shape index (κ2) is 7.72. The number of likely N-dealkylation sites (N-methyl/N-ethyl adjacent to an activating group) is 1. The molecule has 100 valence electrons. The Bertz CT molecular complexity index is 520. The molecule has 0 saturated carbocycles. The monoisotopic (exact) mass is 277 g/mol. The molecule has 0 saturated heterocycles.